The number of ether oxygens (including phenoxy) is 1. The number of fused-ring (bicyclic) bond motifs is 1. The first kappa shape index (κ1) is 14.3. The molecule has 2 heteroatoms. The smallest absolute Gasteiger partial charge is 0.108 e. The Labute approximate surface area is 126 Å². The molecule has 0 heterocycles. The first-order chi connectivity index (χ1) is 10.3. The largest absolute Gasteiger partial charge is 0.390 e. The summed E-state index contributed by atoms with van der Waals surface area (Å²) < 4.78 is 5.51. The molecule has 110 valence electrons. The molecule has 0 aromatic heterocycles. The zero-order valence-corrected chi connectivity index (χ0v) is 12.5. The van der Waals surface area contributed by atoms with Crippen molar-refractivity contribution in [3.8, 4) is 0 Å². The van der Waals surface area contributed by atoms with Crippen LogP contribution in [0.25, 0.3) is 0 Å². The van der Waals surface area contributed by atoms with Gasteiger partial charge in [0.1, 0.15) is 6.10 Å². The summed E-state index contributed by atoms with van der Waals surface area (Å²) in [5, 5.41) is 10.5. The van der Waals surface area contributed by atoms with Crippen molar-refractivity contribution in [2.24, 2.45) is 0 Å². The summed E-state index contributed by atoms with van der Waals surface area (Å²) >= 11 is 0. The van der Waals surface area contributed by atoms with E-state index in [9.17, 15) is 5.11 Å². The molecule has 21 heavy (non-hydrogen) atoms. The van der Waals surface area contributed by atoms with Gasteiger partial charge < -0.3 is 9.84 Å². The van der Waals surface area contributed by atoms with Crippen molar-refractivity contribution in [3.63, 3.8) is 0 Å². The first-order valence-corrected chi connectivity index (χ1v) is 7.64. The van der Waals surface area contributed by atoms with Crippen LogP contribution in [0.2, 0.25) is 0 Å². The third-order valence-corrected chi connectivity index (χ3v) is 4.34. The fourth-order valence-electron chi connectivity index (χ4n) is 3.26. The highest BCUT2D eigenvalue weighted by atomic mass is 16.5. The molecular formula is C19H22O2. The molecular weight excluding hydrogens is 260 g/mol. The second kappa shape index (κ2) is 6.42. The highest BCUT2D eigenvalue weighted by Gasteiger charge is 2.21. The summed E-state index contributed by atoms with van der Waals surface area (Å²) in [6.07, 6.45) is 3.44. The first-order valence-electron chi connectivity index (χ1n) is 7.64. The van der Waals surface area contributed by atoms with Gasteiger partial charge >= 0.3 is 0 Å². The quantitative estimate of drug-likeness (QED) is 0.910. The molecule has 2 atom stereocenters. The van der Waals surface area contributed by atoms with E-state index in [4.69, 9.17) is 4.74 Å². The molecule has 2 aromatic rings. The van der Waals surface area contributed by atoms with Crippen LogP contribution in [0.5, 0.6) is 0 Å². The van der Waals surface area contributed by atoms with E-state index in [0.29, 0.717) is 6.42 Å². The average molecular weight is 282 g/mol. The second-order valence-corrected chi connectivity index (χ2v) is 5.80. The zero-order chi connectivity index (χ0) is 14.7. The van der Waals surface area contributed by atoms with Crippen LogP contribution in [0.4, 0.5) is 0 Å². The number of aliphatic hydroxyl groups is 1. The lowest BCUT2D eigenvalue weighted by molar-refractivity contribution is -0.0128. The number of aliphatic hydroxyl groups excluding tert-OH is 1. The number of methoxy groups -OCH3 is 1. The van der Waals surface area contributed by atoms with Crippen LogP contribution in [-0.2, 0) is 24.0 Å². The minimum Gasteiger partial charge on any atom is -0.390 e. The molecule has 1 aliphatic rings. The molecule has 0 amide bonds. The number of hydrogen-bond acceptors (Lipinski definition) is 2. The van der Waals surface area contributed by atoms with Crippen molar-refractivity contribution in [2.45, 2.75) is 37.9 Å². The molecule has 0 saturated carbocycles. The van der Waals surface area contributed by atoms with Crippen LogP contribution in [0.15, 0.2) is 48.5 Å². The molecule has 1 N–H and O–H groups in total. The Kier molecular flexibility index (Phi) is 4.37. The Hall–Kier alpha value is -1.64. The van der Waals surface area contributed by atoms with Gasteiger partial charge in [-0.3, -0.25) is 0 Å². The molecule has 1 aliphatic carbocycles. The van der Waals surface area contributed by atoms with Gasteiger partial charge in [0.15, 0.2) is 0 Å². The Morgan fingerprint density at radius 3 is 2.57 bits per heavy atom. The van der Waals surface area contributed by atoms with Crippen molar-refractivity contribution >= 4 is 0 Å². The predicted octanol–water partition coefficient (Wildman–Crippen LogP) is 3.47. The van der Waals surface area contributed by atoms with E-state index in [2.05, 4.69) is 18.2 Å². The maximum absolute atomic E-state index is 10.5. The lowest BCUT2D eigenvalue weighted by Crippen LogP contribution is -2.22. The summed E-state index contributed by atoms with van der Waals surface area (Å²) in [4.78, 5) is 0. The number of rotatable bonds is 5. The summed E-state index contributed by atoms with van der Waals surface area (Å²) in [5.74, 6) is 0. The third kappa shape index (κ3) is 3.17. The number of hydrogen-bond donors (Lipinski definition) is 1. The lowest BCUT2D eigenvalue weighted by Gasteiger charge is -2.22. The van der Waals surface area contributed by atoms with E-state index in [0.717, 1.165) is 5.56 Å². The fraction of sp³-hybridized carbons (Fsp3) is 0.368. The topological polar surface area (TPSA) is 29.5 Å². The maximum atomic E-state index is 10.5. The minimum absolute atomic E-state index is 0.278. The van der Waals surface area contributed by atoms with E-state index in [1.807, 2.05) is 30.3 Å². The maximum Gasteiger partial charge on any atom is 0.108 e. The molecule has 2 aromatic carbocycles. The van der Waals surface area contributed by atoms with Gasteiger partial charge in [-0.1, -0.05) is 48.5 Å². The SMILES string of the molecule is COC(c1ccccc1)C(O)Cc1ccc2c(c1)CCC2. The summed E-state index contributed by atoms with van der Waals surface area (Å²) in [7, 11) is 1.66. The van der Waals surface area contributed by atoms with Gasteiger partial charge in [-0.2, -0.15) is 0 Å². The van der Waals surface area contributed by atoms with Gasteiger partial charge in [-0.05, 0) is 41.5 Å². The van der Waals surface area contributed by atoms with Crippen LogP contribution >= 0.6 is 0 Å². The van der Waals surface area contributed by atoms with Gasteiger partial charge in [0.2, 0.25) is 0 Å². The van der Waals surface area contributed by atoms with Crippen molar-refractivity contribution in [1.29, 1.82) is 0 Å². The van der Waals surface area contributed by atoms with Crippen LogP contribution in [0.1, 0.15) is 34.8 Å². The highest BCUT2D eigenvalue weighted by Crippen LogP contribution is 2.26. The minimum atomic E-state index is -0.531. The summed E-state index contributed by atoms with van der Waals surface area (Å²) in [6, 6.07) is 16.5. The van der Waals surface area contributed by atoms with Crippen molar-refractivity contribution in [2.75, 3.05) is 7.11 Å². The molecule has 0 bridgehead atoms. The fourth-order valence-corrected chi connectivity index (χ4v) is 3.26. The van der Waals surface area contributed by atoms with Crippen LogP contribution in [-0.4, -0.2) is 18.3 Å². The Morgan fingerprint density at radius 1 is 1.05 bits per heavy atom. The molecule has 2 nitrogen and oxygen atoms in total. The van der Waals surface area contributed by atoms with E-state index in [1.165, 1.54) is 36.0 Å². The van der Waals surface area contributed by atoms with Crippen molar-refractivity contribution in [1.82, 2.24) is 0 Å². The summed E-state index contributed by atoms with van der Waals surface area (Å²) in [6.45, 7) is 0. The number of aryl methyl sites for hydroxylation is 2. The van der Waals surface area contributed by atoms with Crippen LogP contribution in [0, 0.1) is 0 Å². The standard InChI is InChI=1S/C19H22O2/c1-21-19(16-6-3-2-4-7-16)18(20)13-14-10-11-15-8-5-9-17(15)12-14/h2-4,6-7,10-12,18-20H,5,8-9,13H2,1H3. The Balaban J connectivity index is 1.74. The van der Waals surface area contributed by atoms with Crippen LogP contribution < -0.4 is 0 Å². The monoisotopic (exact) mass is 282 g/mol. The molecule has 3 rings (SSSR count). The highest BCUT2D eigenvalue weighted by molar-refractivity contribution is 5.35. The molecule has 2 unspecified atom stereocenters. The second-order valence-electron chi connectivity index (χ2n) is 5.80. The lowest BCUT2D eigenvalue weighted by atomic mass is 9.96. The normalized spacial score (nSPS) is 16.5. The van der Waals surface area contributed by atoms with Crippen LogP contribution in [0.3, 0.4) is 0 Å². The van der Waals surface area contributed by atoms with E-state index >= 15 is 0 Å². The molecule has 0 aliphatic heterocycles. The van der Waals surface area contributed by atoms with E-state index in [-0.39, 0.29) is 6.10 Å². The van der Waals surface area contributed by atoms with Crippen molar-refractivity contribution in [3.05, 3.63) is 70.8 Å². The molecule has 0 spiro atoms. The van der Waals surface area contributed by atoms with E-state index in [1.54, 1.807) is 7.11 Å². The predicted molar refractivity (Wildman–Crippen MR) is 84.4 cm³/mol. The van der Waals surface area contributed by atoms with Gasteiger partial charge in [-0.15, -0.1) is 0 Å². The van der Waals surface area contributed by atoms with E-state index < -0.39 is 6.10 Å². The van der Waals surface area contributed by atoms with Gasteiger partial charge in [0.25, 0.3) is 0 Å². The summed E-state index contributed by atoms with van der Waals surface area (Å²) in [5.41, 5.74) is 5.14. The number of benzene rings is 2. The molecule has 0 saturated heterocycles. The average Bonchev–Trinajstić information content (AvgIpc) is 2.96. The van der Waals surface area contributed by atoms with Gasteiger partial charge in [-0.25, -0.2) is 0 Å². The van der Waals surface area contributed by atoms with Crippen molar-refractivity contribution < 1.29 is 9.84 Å². The van der Waals surface area contributed by atoms with Gasteiger partial charge in [0.05, 0.1) is 6.10 Å². The Morgan fingerprint density at radius 2 is 1.81 bits per heavy atom. The molecule has 0 fully saturated rings. The third-order valence-electron chi connectivity index (χ3n) is 4.34. The zero-order valence-electron chi connectivity index (χ0n) is 12.5. The molecule has 0 radical (unpaired) electrons. The van der Waals surface area contributed by atoms with Gasteiger partial charge in [0, 0.05) is 13.5 Å². The Bertz CT molecular complexity index is 592.